The second-order valence-corrected chi connectivity index (χ2v) is 7.90. The van der Waals surface area contributed by atoms with Crippen molar-refractivity contribution in [3.8, 4) is 22.8 Å². The van der Waals surface area contributed by atoms with E-state index in [2.05, 4.69) is 32.5 Å². The molecule has 3 N–H and O–H groups in total. The second-order valence-electron chi connectivity index (χ2n) is 7.90. The van der Waals surface area contributed by atoms with Crippen LogP contribution < -0.4 is 11.1 Å². The number of hydrogen-bond acceptors (Lipinski definition) is 7. The highest BCUT2D eigenvalue weighted by molar-refractivity contribution is 5.85. The lowest BCUT2D eigenvalue weighted by Gasteiger charge is -2.15. The van der Waals surface area contributed by atoms with Crippen LogP contribution in [0.3, 0.4) is 0 Å². The van der Waals surface area contributed by atoms with Gasteiger partial charge in [-0.15, -0.1) is 17.5 Å². The van der Waals surface area contributed by atoms with Crippen LogP contribution in [0.2, 0.25) is 0 Å². The molecule has 9 nitrogen and oxygen atoms in total. The molecule has 1 aromatic carbocycles. The number of fused-ring (bicyclic) bond motifs is 1. The number of nitrogens with one attached hydrogen (secondary N) is 1. The van der Waals surface area contributed by atoms with Gasteiger partial charge in [0.05, 0.1) is 12.0 Å². The number of furan rings is 1. The summed E-state index contributed by atoms with van der Waals surface area (Å²) in [5, 5.41) is 7.85. The van der Waals surface area contributed by atoms with Crippen LogP contribution >= 0.6 is 12.4 Å². The number of anilines is 1. The number of nitrogen functional groups attached to an aromatic ring is 1. The Kier molecular flexibility index (Phi) is 6.90. The van der Waals surface area contributed by atoms with Crippen LogP contribution in [0, 0.1) is 0 Å². The van der Waals surface area contributed by atoms with Crippen molar-refractivity contribution in [3.05, 3.63) is 54.3 Å². The second kappa shape index (κ2) is 10.0. The van der Waals surface area contributed by atoms with Gasteiger partial charge in [0.1, 0.15) is 0 Å². The van der Waals surface area contributed by atoms with Crippen LogP contribution in [-0.2, 0) is 11.3 Å². The van der Waals surface area contributed by atoms with E-state index in [-0.39, 0.29) is 24.3 Å². The topological polar surface area (TPSA) is 115 Å². The molecule has 1 saturated heterocycles. The van der Waals surface area contributed by atoms with Crippen molar-refractivity contribution in [1.29, 1.82) is 0 Å². The van der Waals surface area contributed by atoms with Crippen molar-refractivity contribution in [2.45, 2.75) is 25.8 Å². The van der Waals surface area contributed by atoms with E-state index in [0.717, 1.165) is 55.8 Å². The highest BCUT2D eigenvalue weighted by atomic mass is 35.5. The third-order valence-electron chi connectivity index (χ3n) is 5.60. The molecule has 3 aromatic heterocycles. The molecule has 4 aromatic rings. The summed E-state index contributed by atoms with van der Waals surface area (Å²) in [6, 6.07) is 13.7. The maximum Gasteiger partial charge on any atom is 0.223 e. The number of amides is 1. The third-order valence-corrected chi connectivity index (χ3v) is 5.60. The first-order valence-electron chi connectivity index (χ1n) is 10.8. The predicted molar refractivity (Wildman–Crippen MR) is 128 cm³/mol. The highest BCUT2D eigenvalue weighted by Gasteiger charge is 2.19. The van der Waals surface area contributed by atoms with E-state index in [9.17, 15) is 4.79 Å². The monoisotopic (exact) mass is 467 g/mol. The van der Waals surface area contributed by atoms with Crippen LogP contribution in [0.25, 0.3) is 28.5 Å². The number of rotatable bonds is 8. The smallest absolute Gasteiger partial charge is 0.223 e. The molecule has 0 unspecified atom stereocenters. The van der Waals surface area contributed by atoms with E-state index in [0.29, 0.717) is 23.7 Å². The maximum absolute atomic E-state index is 11.7. The fraction of sp³-hybridized carbons (Fsp3) is 0.304. The van der Waals surface area contributed by atoms with Gasteiger partial charge in [-0.1, -0.05) is 18.2 Å². The van der Waals surface area contributed by atoms with E-state index < -0.39 is 0 Å². The molecule has 1 amide bonds. The first-order valence-corrected chi connectivity index (χ1v) is 10.8. The van der Waals surface area contributed by atoms with E-state index >= 15 is 0 Å². The number of nitrogens with two attached hydrogens (primary N) is 1. The largest absolute Gasteiger partial charge is 0.461 e. The number of carbonyl (C=O) groups is 1. The number of benzene rings is 1. The number of hydrogen-bond donors (Lipinski definition) is 2. The molecule has 5 rings (SSSR count). The molecule has 1 fully saturated rings. The number of halogens is 1. The summed E-state index contributed by atoms with van der Waals surface area (Å²) in [7, 11) is 0. The Bertz CT molecular complexity index is 1240. The number of likely N-dealkylation sites (tertiary alicyclic amines) is 1. The Morgan fingerprint density at radius 1 is 1.15 bits per heavy atom. The van der Waals surface area contributed by atoms with Crippen molar-refractivity contribution in [2.24, 2.45) is 0 Å². The Labute approximate surface area is 197 Å². The standard InChI is InChI=1S/C23H25N7O2.ClH/c24-23-26-18(14-20-27-22(28-30(20)23)19-7-3-12-32-19)17-6-1-5-16(13-17)15-25-9-4-11-29-10-2-8-21(29)31;/h1,3,5-7,12-14,25H,2,4,8-11,15H2,(H2,24,26);1H. The van der Waals surface area contributed by atoms with Gasteiger partial charge in [-0.05, 0) is 43.1 Å². The van der Waals surface area contributed by atoms with Gasteiger partial charge in [0.25, 0.3) is 0 Å². The molecule has 33 heavy (non-hydrogen) atoms. The van der Waals surface area contributed by atoms with E-state index in [1.54, 1.807) is 18.4 Å². The van der Waals surface area contributed by atoms with Crippen LogP contribution in [0.15, 0.2) is 53.1 Å². The third kappa shape index (κ3) is 4.99. The average Bonchev–Trinajstić information content (AvgIpc) is 3.55. The summed E-state index contributed by atoms with van der Waals surface area (Å²) in [6.45, 7) is 3.33. The van der Waals surface area contributed by atoms with Crippen molar-refractivity contribution in [3.63, 3.8) is 0 Å². The first kappa shape index (κ1) is 22.8. The highest BCUT2D eigenvalue weighted by Crippen LogP contribution is 2.23. The molecule has 0 bridgehead atoms. The molecule has 10 heteroatoms. The quantitative estimate of drug-likeness (QED) is 0.382. The summed E-state index contributed by atoms with van der Waals surface area (Å²) in [6.07, 6.45) is 4.22. The normalized spacial score (nSPS) is 13.6. The summed E-state index contributed by atoms with van der Waals surface area (Å²) in [5.41, 5.74) is 9.61. The van der Waals surface area contributed by atoms with Gasteiger partial charge in [-0.3, -0.25) is 4.79 Å². The zero-order valence-corrected chi connectivity index (χ0v) is 18.9. The van der Waals surface area contributed by atoms with Gasteiger partial charge in [-0.25, -0.2) is 9.97 Å². The number of carbonyl (C=O) groups excluding carboxylic acids is 1. The summed E-state index contributed by atoms with van der Waals surface area (Å²) in [4.78, 5) is 22.7. The molecule has 4 heterocycles. The molecule has 0 atom stereocenters. The lowest BCUT2D eigenvalue weighted by molar-refractivity contribution is -0.127. The van der Waals surface area contributed by atoms with Crippen LogP contribution in [0.5, 0.6) is 0 Å². The lowest BCUT2D eigenvalue weighted by atomic mass is 10.1. The van der Waals surface area contributed by atoms with E-state index in [1.165, 1.54) is 4.52 Å². The predicted octanol–water partition coefficient (Wildman–Crippen LogP) is 3.16. The Morgan fingerprint density at radius 2 is 2.06 bits per heavy atom. The first-order chi connectivity index (χ1) is 15.7. The summed E-state index contributed by atoms with van der Waals surface area (Å²) < 4.78 is 6.89. The minimum Gasteiger partial charge on any atom is -0.461 e. The maximum atomic E-state index is 11.7. The molecular weight excluding hydrogens is 442 g/mol. The van der Waals surface area contributed by atoms with Gasteiger partial charge in [0.2, 0.25) is 17.7 Å². The van der Waals surface area contributed by atoms with Crippen molar-refractivity contribution >= 4 is 29.9 Å². The Hall–Kier alpha value is -3.43. The molecule has 0 radical (unpaired) electrons. The van der Waals surface area contributed by atoms with Gasteiger partial charge in [-0.2, -0.15) is 4.52 Å². The number of aromatic nitrogens is 4. The van der Waals surface area contributed by atoms with Crippen molar-refractivity contribution in [2.75, 3.05) is 25.4 Å². The molecule has 1 aliphatic rings. The Balaban J connectivity index is 0.00000259. The fourth-order valence-electron chi connectivity index (χ4n) is 3.98. The minimum atomic E-state index is 0. The minimum absolute atomic E-state index is 0. The van der Waals surface area contributed by atoms with Crippen LogP contribution in [-0.4, -0.2) is 50.0 Å². The van der Waals surface area contributed by atoms with Crippen molar-refractivity contribution in [1.82, 2.24) is 29.8 Å². The average molecular weight is 468 g/mol. The summed E-state index contributed by atoms with van der Waals surface area (Å²) in [5.74, 6) is 1.60. The van der Waals surface area contributed by atoms with Crippen LogP contribution in [0.1, 0.15) is 24.8 Å². The Morgan fingerprint density at radius 3 is 2.85 bits per heavy atom. The van der Waals surface area contributed by atoms with Gasteiger partial charge >= 0.3 is 0 Å². The van der Waals surface area contributed by atoms with Gasteiger partial charge in [0, 0.05) is 37.7 Å². The zero-order valence-electron chi connectivity index (χ0n) is 18.1. The van der Waals surface area contributed by atoms with Crippen LogP contribution in [0.4, 0.5) is 5.95 Å². The fourth-order valence-corrected chi connectivity index (χ4v) is 3.98. The number of nitrogens with zero attached hydrogens (tertiary/aromatic N) is 5. The van der Waals surface area contributed by atoms with E-state index in [4.69, 9.17) is 10.2 Å². The molecule has 0 aliphatic carbocycles. The van der Waals surface area contributed by atoms with Gasteiger partial charge < -0.3 is 20.4 Å². The van der Waals surface area contributed by atoms with Gasteiger partial charge in [0.15, 0.2) is 11.4 Å². The SMILES string of the molecule is Cl.Nc1nc(-c2cccc(CNCCCN3CCCC3=O)c2)cc2nc(-c3ccco3)nn12. The molecular formula is C23H26ClN7O2. The molecule has 1 aliphatic heterocycles. The van der Waals surface area contributed by atoms with E-state index in [1.807, 2.05) is 23.1 Å². The summed E-state index contributed by atoms with van der Waals surface area (Å²) >= 11 is 0. The molecule has 0 saturated carbocycles. The van der Waals surface area contributed by atoms with Crippen molar-refractivity contribution < 1.29 is 9.21 Å². The lowest BCUT2D eigenvalue weighted by Crippen LogP contribution is -2.28. The zero-order chi connectivity index (χ0) is 21.9. The molecule has 0 spiro atoms. The molecule has 172 valence electrons.